The van der Waals surface area contributed by atoms with Crippen molar-refractivity contribution >= 4 is 11.9 Å². The van der Waals surface area contributed by atoms with E-state index in [4.69, 9.17) is 4.74 Å². The summed E-state index contributed by atoms with van der Waals surface area (Å²) in [5, 5.41) is 2.91. The molecule has 0 saturated carbocycles. The zero-order valence-corrected chi connectivity index (χ0v) is 14.2. The van der Waals surface area contributed by atoms with Crippen molar-refractivity contribution in [3.8, 4) is 5.75 Å². The van der Waals surface area contributed by atoms with Gasteiger partial charge in [-0.05, 0) is 54.7 Å². The molecule has 134 valence electrons. The van der Waals surface area contributed by atoms with Crippen molar-refractivity contribution in [1.82, 2.24) is 10.2 Å². The van der Waals surface area contributed by atoms with Crippen LogP contribution >= 0.6 is 0 Å². The zero-order chi connectivity index (χ0) is 18.1. The van der Waals surface area contributed by atoms with E-state index in [2.05, 4.69) is 5.32 Å². The summed E-state index contributed by atoms with van der Waals surface area (Å²) >= 11 is 0. The van der Waals surface area contributed by atoms with E-state index in [0.29, 0.717) is 12.2 Å². The van der Waals surface area contributed by atoms with E-state index in [1.54, 1.807) is 0 Å². The molecular formula is C20H19FN2O3. The predicted octanol–water partition coefficient (Wildman–Crippen LogP) is 2.99. The second-order valence-electron chi connectivity index (χ2n) is 6.61. The third-order valence-electron chi connectivity index (χ3n) is 5.05. The Kier molecular flexibility index (Phi) is 4.11. The van der Waals surface area contributed by atoms with E-state index in [9.17, 15) is 14.0 Å². The van der Waals surface area contributed by atoms with Gasteiger partial charge in [0.2, 0.25) is 0 Å². The maximum absolute atomic E-state index is 13.1. The number of nitrogens with one attached hydrogen (secondary N) is 1. The SMILES string of the molecule is O=C1NC2(CCCc3ccccc32)C(=O)N1CCOc1ccc(F)cc1. The monoisotopic (exact) mass is 354 g/mol. The topological polar surface area (TPSA) is 58.6 Å². The highest BCUT2D eigenvalue weighted by atomic mass is 19.1. The van der Waals surface area contributed by atoms with E-state index < -0.39 is 11.6 Å². The zero-order valence-electron chi connectivity index (χ0n) is 14.2. The quantitative estimate of drug-likeness (QED) is 0.859. The van der Waals surface area contributed by atoms with Crippen LogP contribution in [0.25, 0.3) is 0 Å². The van der Waals surface area contributed by atoms with Crippen molar-refractivity contribution in [3.05, 3.63) is 65.5 Å². The number of carbonyl (C=O) groups is 2. The van der Waals surface area contributed by atoms with Gasteiger partial charge >= 0.3 is 6.03 Å². The number of fused-ring (bicyclic) bond motifs is 2. The molecule has 6 heteroatoms. The van der Waals surface area contributed by atoms with Crippen LogP contribution in [0.15, 0.2) is 48.5 Å². The van der Waals surface area contributed by atoms with Gasteiger partial charge in [-0.15, -0.1) is 0 Å². The number of benzene rings is 2. The molecule has 1 atom stereocenters. The molecule has 1 saturated heterocycles. The standard InChI is InChI=1S/C20H19FN2O3/c21-15-7-9-16(10-8-15)26-13-12-23-18(24)20(22-19(23)25)11-3-5-14-4-1-2-6-17(14)20/h1-2,4,6-10H,3,5,11-13H2,(H,22,25). The number of carbonyl (C=O) groups excluding carboxylic acids is 2. The average Bonchev–Trinajstić information content (AvgIpc) is 2.88. The van der Waals surface area contributed by atoms with Crippen LogP contribution in [-0.2, 0) is 16.8 Å². The van der Waals surface area contributed by atoms with E-state index in [1.165, 1.54) is 29.2 Å². The third kappa shape index (κ3) is 2.71. The molecule has 0 aromatic heterocycles. The van der Waals surface area contributed by atoms with Crippen molar-refractivity contribution < 1.29 is 18.7 Å². The van der Waals surface area contributed by atoms with E-state index in [1.807, 2.05) is 24.3 Å². The largest absolute Gasteiger partial charge is 0.492 e. The van der Waals surface area contributed by atoms with Crippen molar-refractivity contribution in [2.75, 3.05) is 13.2 Å². The fraction of sp³-hybridized carbons (Fsp3) is 0.300. The maximum atomic E-state index is 13.1. The van der Waals surface area contributed by atoms with Crippen molar-refractivity contribution in [1.29, 1.82) is 0 Å². The highest BCUT2D eigenvalue weighted by molar-refractivity contribution is 6.07. The lowest BCUT2D eigenvalue weighted by atomic mass is 9.76. The Balaban J connectivity index is 1.49. The van der Waals surface area contributed by atoms with Gasteiger partial charge in [0.25, 0.3) is 5.91 Å². The van der Waals surface area contributed by atoms with Gasteiger partial charge in [0, 0.05) is 0 Å². The summed E-state index contributed by atoms with van der Waals surface area (Å²) < 4.78 is 18.4. The first kappa shape index (κ1) is 16.6. The van der Waals surface area contributed by atoms with Crippen LogP contribution in [0.3, 0.4) is 0 Å². The molecular weight excluding hydrogens is 335 g/mol. The molecule has 0 bridgehead atoms. The molecule has 1 fully saturated rings. The summed E-state index contributed by atoms with van der Waals surface area (Å²) in [5.41, 5.74) is 1.05. The molecule has 1 unspecified atom stereocenters. The number of imide groups is 1. The van der Waals surface area contributed by atoms with Crippen LogP contribution < -0.4 is 10.1 Å². The van der Waals surface area contributed by atoms with Crippen LogP contribution in [0.2, 0.25) is 0 Å². The molecule has 5 nitrogen and oxygen atoms in total. The summed E-state index contributed by atoms with van der Waals surface area (Å²) in [4.78, 5) is 26.7. The van der Waals surface area contributed by atoms with Crippen molar-refractivity contribution in [3.63, 3.8) is 0 Å². The molecule has 0 radical (unpaired) electrons. The fourth-order valence-electron chi connectivity index (χ4n) is 3.80. The molecule has 1 heterocycles. The van der Waals surface area contributed by atoms with Crippen molar-refractivity contribution in [2.24, 2.45) is 0 Å². The number of ether oxygens (including phenoxy) is 1. The molecule has 2 aromatic rings. The van der Waals surface area contributed by atoms with Gasteiger partial charge in [0.15, 0.2) is 0 Å². The summed E-state index contributed by atoms with van der Waals surface area (Å²) in [5.74, 6) is -0.0714. The Morgan fingerprint density at radius 3 is 2.69 bits per heavy atom. The first-order chi connectivity index (χ1) is 12.6. The number of hydrogen-bond donors (Lipinski definition) is 1. The number of amides is 3. The number of aryl methyl sites for hydroxylation is 1. The number of rotatable bonds is 4. The number of hydrogen-bond acceptors (Lipinski definition) is 3. The fourth-order valence-corrected chi connectivity index (χ4v) is 3.80. The second kappa shape index (κ2) is 6.44. The van der Waals surface area contributed by atoms with E-state index in [0.717, 1.165) is 24.0 Å². The molecule has 1 N–H and O–H groups in total. The van der Waals surface area contributed by atoms with Gasteiger partial charge in [0.05, 0.1) is 6.54 Å². The Labute approximate surface area is 150 Å². The maximum Gasteiger partial charge on any atom is 0.325 e. The minimum absolute atomic E-state index is 0.145. The first-order valence-corrected chi connectivity index (χ1v) is 8.71. The van der Waals surface area contributed by atoms with E-state index >= 15 is 0 Å². The lowest BCUT2D eigenvalue weighted by Gasteiger charge is -2.33. The van der Waals surface area contributed by atoms with Gasteiger partial charge in [-0.3, -0.25) is 9.69 Å². The Morgan fingerprint density at radius 2 is 1.88 bits per heavy atom. The summed E-state index contributed by atoms with van der Waals surface area (Å²) in [6.45, 7) is 0.300. The highest BCUT2D eigenvalue weighted by Crippen LogP contribution is 2.39. The van der Waals surface area contributed by atoms with Crippen LogP contribution in [-0.4, -0.2) is 30.0 Å². The molecule has 2 aliphatic rings. The Bertz CT molecular complexity index is 852. The molecule has 1 aliphatic heterocycles. The minimum atomic E-state index is -0.957. The van der Waals surface area contributed by atoms with E-state index in [-0.39, 0.29) is 24.9 Å². The third-order valence-corrected chi connectivity index (χ3v) is 5.05. The molecule has 1 spiro atoms. The summed E-state index contributed by atoms with van der Waals surface area (Å²) in [6, 6.07) is 13.0. The van der Waals surface area contributed by atoms with Crippen LogP contribution in [0, 0.1) is 5.82 Å². The smallest absolute Gasteiger partial charge is 0.325 e. The number of nitrogens with zero attached hydrogens (tertiary/aromatic N) is 1. The number of urea groups is 1. The number of halogens is 1. The highest BCUT2D eigenvalue weighted by Gasteiger charge is 2.53. The lowest BCUT2D eigenvalue weighted by molar-refractivity contribution is -0.132. The molecule has 26 heavy (non-hydrogen) atoms. The normalized spacial score (nSPS) is 21.7. The Hall–Kier alpha value is -2.89. The van der Waals surface area contributed by atoms with Crippen LogP contribution in [0.1, 0.15) is 24.0 Å². The summed E-state index contributed by atoms with van der Waals surface area (Å²) in [6.07, 6.45) is 2.36. The molecule has 3 amide bonds. The average molecular weight is 354 g/mol. The van der Waals surface area contributed by atoms with Gasteiger partial charge in [-0.2, -0.15) is 0 Å². The van der Waals surface area contributed by atoms with Gasteiger partial charge in [-0.1, -0.05) is 24.3 Å². The Morgan fingerprint density at radius 1 is 1.12 bits per heavy atom. The first-order valence-electron chi connectivity index (χ1n) is 8.71. The van der Waals surface area contributed by atoms with Gasteiger partial charge < -0.3 is 10.1 Å². The lowest BCUT2D eigenvalue weighted by Crippen LogP contribution is -2.46. The van der Waals surface area contributed by atoms with Crippen molar-refractivity contribution in [2.45, 2.75) is 24.8 Å². The predicted molar refractivity (Wildman–Crippen MR) is 93.2 cm³/mol. The van der Waals surface area contributed by atoms with Crippen LogP contribution in [0.5, 0.6) is 5.75 Å². The second-order valence-corrected chi connectivity index (χ2v) is 6.61. The van der Waals surface area contributed by atoms with Gasteiger partial charge in [0.1, 0.15) is 23.7 Å². The van der Waals surface area contributed by atoms with Crippen LogP contribution in [0.4, 0.5) is 9.18 Å². The molecule has 4 rings (SSSR count). The summed E-state index contributed by atoms with van der Waals surface area (Å²) in [7, 11) is 0. The van der Waals surface area contributed by atoms with Gasteiger partial charge in [-0.25, -0.2) is 9.18 Å². The molecule has 2 aromatic carbocycles. The molecule has 1 aliphatic carbocycles. The minimum Gasteiger partial charge on any atom is -0.492 e.